The normalized spacial score (nSPS) is 12.4. The highest BCUT2D eigenvalue weighted by Crippen LogP contribution is 2.54. The number of thiophene rings is 1. The number of benzene rings is 8. The Labute approximate surface area is 292 Å². The Bertz CT molecular complexity index is 3010. The van der Waals surface area contributed by atoms with E-state index in [0.717, 1.165) is 50.2 Å². The summed E-state index contributed by atoms with van der Waals surface area (Å²) in [6.07, 6.45) is 0. The second-order valence-electron chi connectivity index (χ2n) is 12.9. The van der Waals surface area contributed by atoms with Gasteiger partial charge in [0.25, 0.3) is 0 Å². The molecule has 0 saturated heterocycles. The van der Waals surface area contributed by atoms with E-state index in [9.17, 15) is 0 Å². The molecule has 3 heterocycles. The summed E-state index contributed by atoms with van der Waals surface area (Å²) < 4.78 is 2.54. The van der Waals surface area contributed by atoms with Gasteiger partial charge in [0.15, 0.2) is 5.82 Å². The highest BCUT2D eigenvalue weighted by molar-refractivity contribution is 7.25. The molecule has 4 heteroatoms. The average Bonchev–Trinajstić information content (AvgIpc) is 3.57. The van der Waals surface area contributed by atoms with Crippen LogP contribution in [0.25, 0.3) is 86.4 Å². The van der Waals surface area contributed by atoms with Crippen LogP contribution >= 0.6 is 11.3 Å². The van der Waals surface area contributed by atoms with Crippen molar-refractivity contribution in [1.29, 1.82) is 0 Å². The van der Waals surface area contributed by atoms with E-state index < -0.39 is 0 Å². The van der Waals surface area contributed by atoms with E-state index in [2.05, 4.69) is 169 Å². The van der Waals surface area contributed by atoms with Crippen LogP contribution in [0.15, 0.2) is 164 Å². The third-order valence-electron chi connectivity index (χ3n) is 10.2. The first kappa shape index (κ1) is 27.6. The van der Waals surface area contributed by atoms with Crippen LogP contribution in [-0.2, 0) is 0 Å². The Morgan fingerprint density at radius 2 is 1.06 bits per heavy atom. The largest absolute Gasteiger partial charge is 0.308 e. The smallest absolute Gasteiger partial charge is 0.162 e. The molecule has 2 aromatic heterocycles. The third-order valence-corrected chi connectivity index (χ3v) is 11.3. The van der Waals surface area contributed by atoms with Crippen molar-refractivity contribution in [3.05, 3.63) is 164 Å². The van der Waals surface area contributed by atoms with Crippen LogP contribution in [-0.4, -0.2) is 9.97 Å². The molecular formula is C46H27N3S. The van der Waals surface area contributed by atoms with Gasteiger partial charge in [0, 0.05) is 53.0 Å². The molecule has 0 unspecified atom stereocenters. The lowest BCUT2D eigenvalue weighted by Crippen LogP contribution is -2.16. The van der Waals surface area contributed by atoms with Gasteiger partial charge in [0.05, 0.1) is 28.3 Å². The molecule has 10 aromatic rings. The summed E-state index contributed by atoms with van der Waals surface area (Å²) in [5.41, 5.74) is 9.85. The third kappa shape index (κ3) is 3.91. The van der Waals surface area contributed by atoms with Crippen molar-refractivity contribution in [2.45, 2.75) is 0 Å². The van der Waals surface area contributed by atoms with Crippen molar-refractivity contribution in [2.24, 2.45) is 0 Å². The molecule has 3 nitrogen and oxygen atoms in total. The predicted molar refractivity (Wildman–Crippen MR) is 212 cm³/mol. The standard InChI is InChI=1S/C46H27N3S/c1-2-15-30-28(12-1)26-27-36(45(30)49-38-22-7-4-16-31(38)32-19-9-13-29-14-10-23-39(49)42(29)32)46-47-37-21-6-3-17-33(37)44(48-46)35-20-11-25-41-43(35)34-18-5-8-24-40(34)50-41/h1-27H. The van der Waals surface area contributed by atoms with Gasteiger partial charge in [-0.1, -0.05) is 127 Å². The van der Waals surface area contributed by atoms with Crippen LogP contribution in [0.3, 0.4) is 0 Å². The molecule has 8 aromatic carbocycles. The van der Waals surface area contributed by atoms with Crippen LogP contribution < -0.4 is 4.90 Å². The lowest BCUT2D eigenvalue weighted by Gasteiger charge is -2.35. The Morgan fingerprint density at radius 3 is 2.00 bits per heavy atom. The van der Waals surface area contributed by atoms with Crippen LogP contribution in [0.4, 0.5) is 17.1 Å². The summed E-state index contributed by atoms with van der Waals surface area (Å²) in [6.45, 7) is 0. The molecule has 1 aliphatic heterocycles. The lowest BCUT2D eigenvalue weighted by molar-refractivity contribution is 1.22. The maximum Gasteiger partial charge on any atom is 0.162 e. The van der Waals surface area contributed by atoms with E-state index in [1.165, 1.54) is 47.5 Å². The zero-order valence-corrected chi connectivity index (χ0v) is 27.7. The number of hydrogen-bond donors (Lipinski definition) is 0. The molecule has 0 bridgehead atoms. The summed E-state index contributed by atoms with van der Waals surface area (Å²) in [4.78, 5) is 13.3. The highest BCUT2D eigenvalue weighted by Gasteiger charge is 2.29. The Balaban J connectivity index is 1.25. The maximum absolute atomic E-state index is 5.56. The molecule has 0 spiro atoms. The van der Waals surface area contributed by atoms with Gasteiger partial charge in [0.1, 0.15) is 0 Å². The number of nitrogens with zero attached hydrogens (tertiary/aromatic N) is 3. The van der Waals surface area contributed by atoms with Crippen LogP contribution in [0.1, 0.15) is 0 Å². The molecule has 0 amide bonds. The zero-order chi connectivity index (χ0) is 32.8. The number of hydrogen-bond acceptors (Lipinski definition) is 4. The number of fused-ring (bicyclic) bond motifs is 7. The van der Waals surface area contributed by atoms with Gasteiger partial charge in [-0.05, 0) is 52.7 Å². The van der Waals surface area contributed by atoms with E-state index in [0.29, 0.717) is 5.82 Å². The van der Waals surface area contributed by atoms with Crippen molar-refractivity contribution >= 4 is 81.0 Å². The van der Waals surface area contributed by atoms with E-state index in [-0.39, 0.29) is 0 Å². The second-order valence-corrected chi connectivity index (χ2v) is 14.0. The van der Waals surface area contributed by atoms with Crippen molar-refractivity contribution in [3.8, 4) is 33.8 Å². The van der Waals surface area contributed by atoms with Crippen molar-refractivity contribution in [1.82, 2.24) is 9.97 Å². The molecule has 50 heavy (non-hydrogen) atoms. The van der Waals surface area contributed by atoms with Crippen LogP contribution in [0.5, 0.6) is 0 Å². The molecule has 232 valence electrons. The van der Waals surface area contributed by atoms with Gasteiger partial charge in [0.2, 0.25) is 0 Å². The minimum atomic E-state index is 0.708. The highest BCUT2D eigenvalue weighted by atomic mass is 32.1. The first-order valence-electron chi connectivity index (χ1n) is 16.9. The number of aromatic nitrogens is 2. The van der Waals surface area contributed by atoms with Crippen molar-refractivity contribution in [3.63, 3.8) is 0 Å². The van der Waals surface area contributed by atoms with Crippen LogP contribution in [0, 0.1) is 0 Å². The van der Waals surface area contributed by atoms with Gasteiger partial charge in [-0.25, -0.2) is 9.97 Å². The molecule has 1 aliphatic rings. The summed E-state index contributed by atoms with van der Waals surface area (Å²) in [7, 11) is 0. The number of anilines is 3. The lowest BCUT2D eigenvalue weighted by atomic mass is 9.89. The minimum absolute atomic E-state index is 0.708. The fraction of sp³-hybridized carbons (Fsp3) is 0. The maximum atomic E-state index is 5.56. The zero-order valence-electron chi connectivity index (χ0n) is 26.8. The Kier molecular flexibility index (Phi) is 5.83. The van der Waals surface area contributed by atoms with E-state index in [1.807, 2.05) is 11.3 Å². The Hall–Kier alpha value is -6.36. The summed E-state index contributed by atoms with van der Waals surface area (Å²) in [6, 6.07) is 58.9. The number of para-hydroxylation sites is 2. The number of rotatable bonds is 3. The van der Waals surface area contributed by atoms with Gasteiger partial charge < -0.3 is 4.90 Å². The molecule has 0 N–H and O–H groups in total. The van der Waals surface area contributed by atoms with Gasteiger partial charge in [-0.3, -0.25) is 0 Å². The first-order chi connectivity index (χ1) is 24.8. The van der Waals surface area contributed by atoms with Crippen molar-refractivity contribution in [2.75, 3.05) is 4.90 Å². The van der Waals surface area contributed by atoms with Gasteiger partial charge >= 0.3 is 0 Å². The average molecular weight is 654 g/mol. The summed E-state index contributed by atoms with van der Waals surface area (Å²) in [5.74, 6) is 0.708. The van der Waals surface area contributed by atoms with E-state index in [1.54, 1.807) is 0 Å². The molecule has 0 atom stereocenters. The van der Waals surface area contributed by atoms with Gasteiger partial charge in [-0.15, -0.1) is 11.3 Å². The fourth-order valence-corrected chi connectivity index (χ4v) is 9.18. The van der Waals surface area contributed by atoms with Gasteiger partial charge in [-0.2, -0.15) is 0 Å². The minimum Gasteiger partial charge on any atom is -0.308 e. The van der Waals surface area contributed by atoms with Crippen LogP contribution in [0.2, 0.25) is 0 Å². The molecule has 0 radical (unpaired) electrons. The molecule has 0 saturated carbocycles. The summed E-state index contributed by atoms with van der Waals surface area (Å²) >= 11 is 1.83. The topological polar surface area (TPSA) is 29.0 Å². The summed E-state index contributed by atoms with van der Waals surface area (Å²) in [5, 5.41) is 8.35. The van der Waals surface area contributed by atoms with Crippen molar-refractivity contribution < 1.29 is 0 Å². The monoisotopic (exact) mass is 653 g/mol. The Morgan fingerprint density at radius 1 is 0.400 bits per heavy atom. The SMILES string of the molecule is c1ccc2c(c1)-c1cccc3cccc(c13)N2c1c(-c2nc(-c3cccc4sc5ccccc5c34)c3ccccc3n2)ccc2ccccc12. The second kappa shape index (κ2) is 10.6. The first-order valence-corrected chi connectivity index (χ1v) is 17.7. The molecule has 0 aliphatic carbocycles. The van der Waals surface area contributed by atoms with E-state index in [4.69, 9.17) is 9.97 Å². The molecule has 0 fully saturated rings. The van der Waals surface area contributed by atoms with E-state index >= 15 is 0 Å². The quantitative estimate of drug-likeness (QED) is 0.190. The fourth-order valence-electron chi connectivity index (χ4n) is 8.05. The molecule has 11 rings (SSSR count). The predicted octanol–water partition coefficient (Wildman–Crippen LogP) is 13.1. The molecular weight excluding hydrogens is 627 g/mol.